The van der Waals surface area contributed by atoms with Crippen LogP contribution in [0.4, 0.5) is 0 Å². The molecule has 4 amide bonds. The summed E-state index contributed by atoms with van der Waals surface area (Å²) < 4.78 is 0. The van der Waals surface area contributed by atoms with E-state index in [0.717, 1.165) is 0 Å². The van der Waals surface area contributed by atoms with Crippen LogP contribution in [0.1, 0.15) is 39.7 Å². The molecule has 1 aromatic carbocycles. The van der Waals surface area contributed by atoms with Gasteiger partial charge in [-0.05, 0) is 30.5 Å². The third-order valence-electron chi connectivity index (χ3n) is 5.31. The SMILES string of the molecule is CC(=O)N[C@@H](Cc1ccc(O)cc1)C(=O)N[C@H](C(=O)N[C@@H](C)C(=O)N[C@@H](CC(=O)O)C(=O)CS)C(C)C. The first-order valence-corrected chi connectivity index (χ1v) is 12.2. The number of carboxylic acid groups (broad SMARTS) is 1. The number of rotatable bonds is 14. The number of aliphatic carboxylic acids is 1. The van der Waals surface area contributed by atoms with Crippen molar-refractivity contribution in [2.24, 2.45) is 5.92 Å². The molecule has 0 aliphatic carbocycles. The van der Waals surface area contributed by atoms with Gasteiger partial charge in [0.25, 0.3) is 0 Å². The van der Waals surface area contributed by atoms with E-state index in [1.807, 2.05) is 0 Å². The number of phenols is 1. The molecule has 13 heteroatoms. The zero-order valence-electron chi connectivity index (χ0n) is 21.1. The Morgan fingerprint density at radius 1 is 0.838 bits per heavy atom. The first-order valence-electron chi connectivity index (χ1n) is 11.6. The van der Waals surface area contributed by atoms with Crippen molar-refractivity contribution in [1.82, 2.24) is 21.3 Å². The number of Topliss-reactive ketones (excluding diaryl/α,β-unsaturated/α-hetero) is 1. The van der Waals surface area contributed by atoms with Gasteiger partial charge in [0.15, 0.2) is 5.78 Å². The van der Waals surface area contributed by atoms with Crippen molar-refractivity contribution in [2.45, 2.75) is 64.7 Å². The lowest BCUT2D eigenvalue weighted by Gasteiger charge is -2.27. The molecule has 4 atom stereocenters. The zero-order chi connectivity index (χ0) is 28.3. The van der Waals surface area contributed by atoms with Crippen LogP contribution in [-0.2, 0) is 35.2 Å². The quantitative estimate of drug-likeness (QED) is 0.155. The Kier molecular flexibility index (Phi) is 12.6. The Labute approximate surface area is 220 Å². The average molecular weight is 539 g/mol. The number of hydrogen-bond acceptors (Lipinski definition) is 8. The van der Waals surface area contributed by atoms with E-state index in [1.54, 1.807) is 26.0 Å². The lowest BCUT2D eigenvalue weighted by atomic mass is 10.0. The molecule has 0 bridgehead atoms. The van der Waals surface area contributed by atoms with Crippen LogP contribution >= 0.6 is 12.6 Å². The molecule has 1 rings (SSSR count). The highest BCUT2D eigenvalue weighted by Gasteiger charge is 2.31. The van der Waals surface area contributed by atoms with Crippen molar-refractivity contribution in [3.05, 3.63) is 29.8 Å². The molecule has 0 radical (unpaired) electrons. The molecule has 0 saturated carbocycles. The van der Waals surface area contributed by atoms with Crippen molar-refractivity contribution in [3.63, 3.8) is 0 Å². The number of carbonyl (C=O) groups excluding carboxylic acids is 5. The van der Waals surface area contributed by atoms with Crippen LogP contribution in [-0.4, -0.2) is 75.5 Å². The second-order valence-corrected chi connectivity index (χ2v) is 9.18. The number of carbonyl (C=O) groups is 6. The molecule has 0 aliphatic heterocycles. The normalized spacial score (nSPS) is 14.0. The molecule has 6 N–H and O–H groups in total. The van der Waals surface area contributed by atoms with Gasteiger partial charge in [-0.15, -0.1) is 0 Å². The molecular weight excluding hydrogens is 504 g/mol. The molecule has 0 heterocycles. The lowest BCUT2D eigenvalue weighted by molar-refractivity contribution is -0.140. The Morgan fingerprint density at radius 3 is 1.92 bits per heavy atom. The van der Waals surface area contributed by atoms with Gasteiger partial charge in [-0.25, -0.2) is 0 Å². The minimum Gasteiger partial charge on any atom is -0.508 e. The molecule has 0 saturated heterocycles. The largest absolute Gasteiger partial charge is 0.508 e. The van der Waals surface area contributed by atoms with E-state index in [1.165, 1.54) is 26.0 Å². The fourth-order valence-electron chi connectivity index (χ4n) is 3.31. The highest BCUT2D eigenvalue weighted by Crippen LogP contribution is 2.12. The number of thiol groups is 1. The van der Waals surface area contributed by atoms with E-state index in [-0.39, 0.29) is 17.9 Å². The Morgan fingerprint density at radius 2 is 1.43 bits per heavy atom. The number of aromatic hydroxyl groups is 1. The Balaban J connectivity index is 2.92. The number of phenolic OH excluding ortho intramolecular Hbond substituents is 1. The van der Waals surface area contributed by atoms with E-state index in [9.17, 15) is 33.9 Å². The zero-order valence-corrected chi connectivity index (χ0v) is 22.0. The van der Waals surface area contributed by atoms with E-state index in [2.05, 4.69) is 33.9 Å². The fraction of sp³-hybridized carbons (Fsp3) is 0.500. The highest BCUT2D eigenvalue weighted by molar-refractivity contribution is 7.81. The predicted molar refractivity (Wildman–Crippen MR) is 137 cm³/mol. The number of benzene rings is 1. The molecule has 0 unspecified atom stereocenters. The van der Waals surface area contributed by atoms with Gasteiger partial charge in [0, 0.05) is 13.3 Å². The van der Waals surface area contributed by atoms with E-state index in [0.29, 0.717) is 5.56 Å². The molecule has 0 aromatic heterocycles. The Bertz CT molecular complexity index is 999. The summed E-state index contributed by atoms with van der Waals surface area (Å²) in [6, 6.07) is 1.53. The summed E-state index contributed by atoms with van der Waals surface area (Å²) in [5, 5.41) is 28.3. The molecule has 37 heavy (non-hydrogen) atoms. The minimum atomic E-state index is -1.30. The second kappa shape index (κ2) is 14.8. The number of ketones is 1. The summed E-state index contributed by atoms with van der Waals surface area (Å²) in [5.41, 5.74) is 0.661. The first-order chi connectivity index (χ1) is 17.2. The maximum Gasteiger partial charge on any atom is 0.305 e. The van der Waals surface area contributed by atoms with E-state index in [4.69, 9.17) is 5.11 Å². The van der Waals surface area contributed by atoms with Crippen LogP contribution in [0.2, 0.25) is 0 Å². The van der Waals surface area contributed by atoms with Crippen LogP contribution in [0.5, 0.6) is 5.75 Å². The van der Waals surface area contributed by atoms with Crippen molar-refractivity contribution in [3.8, 4) is 5.75 Å². The number of amides is 4. The molecule has 12 nitrogen and oxygen atoms in total. The maximum absolute atomic E-state index is 13.0. The summed E-state index contributed by atoms with van der Waals surface area (Å²) in [5.74, 6) is -5.08. The van der Waals surface area contributed by atoms with Gasteiger partial charge in [0.05, 0.1) is 18.2 Å². The fourth-order valence-corrected chi connectivity index (χ4v) is 3.53. The standard InChI is InChI=1S/C24H34N4O8S/c1-12(2)21(24(36)25-13(3)22(34)27-17(10-20(32)33)19(31)11-37)28-23(35)18(26-14(4)29)9-15-5-7-16(30)8-6-15/h5-8,12-13,17-18,21,30,37H,9-11H2,1-4H3,(H,25,36)(H,26,29)(H,27,34)(H,28,35)(H,32,33)/t13-,17-,18-,21-/m0/s1. The number of carboxylic acids is 1. The van der Waals surface area contributed by atoms with Crippen LogP contribution in [0.15, 0.2) is 24.3 Å². The summed E-state index contributed by atoms with van der Waals surface area (Å²) in [6.45, 7) is 5.95. The van der Waals surface area contributed by atoms with Crippen LogP contribution in [0.3, 0.4) is 0 Å². The first kappa shape index (κ1) is 31.4. The Hall–Kier alpha value is -3.61. The monoisotopic (exact) mass is 538 g/mol. The molecule has 0 aliphatic rings. The van der Waals surface area contributed by atoms with Gasteiger partial charge in [-0.1, -0.05) is 26.0 Å². The van der Waals surface area contributed by atoms with Crippen LogP contribution in [0, 0.1) is 5.92 Å². The van der Waals surface area contributed by atoms with Gasteiger partial charge in [-0.3, -0.25) is 28.8 Å². The van der Waals surface area contributed by atoms with Gasteiger partial charge in [0.1, 0.15) is 23.9 Å². The van der Waals surface area contributed by atoms with Crippen molar-refractivity contribution >= 4 is 48.0 Å². The molecule has 0 spiro atoms. The smallest absolute Gasteiger partial charge is 0.305 e. The topological polar surface area (TPSA) is 191 Å². The molecule has 1 aromatic rings. The predicted octanol–water partition coefficient (Wildman–Crippen LogP) is -0.457. The molecular formula is C24H34N4O8S. The van der Waals surface area contributed by atoms with Crippen molar-refractivity contribution in [1.29, 1.82) is 0 Å². The van der Waals surface area contributed by atoms with Gasteiger partial charge in [0.2, 0.25) is 23.6 Å². The van der Waals surface area contributed by atoms with Gasteiger partial charge >= 0.3 is 5.97 Å². The van der Waals surface area contributed by atoms with E-state index >= 15 is 0 Å². The van der Waals surface area contributed by atoms with Gasteiger partial charge in [-0.2, -0.15) is 12.6 Å². The van der Waals surface area contributed by atoms with E-state index < -0.39 is 71.9 Å². The minimum absolute atomic E-state index is 0.0447. The summed E-state index contributed by atoms with van der Waals surface area (Å²) >= 11 is 3.82. The summed E-state index contributed by atoms with van der Waals surface area (Å²) in [4.78, 5) is 73.0. The molecule has 204 valence electrons. The van der Waals surface area contributed by atoms with Gasteiger partial charge < -0.3 is 31.5 Å². The third kappa shape index (κ3) is 10.9. The summed E-state index contributed by atoms with van der Waals surface area (Å²) in [7, 11) is 0. The lowest BCUT2D eigenvalue weighted by Crippen LogP contribution is -2.58. The van der Waals surface area contributed by atoms with Crippen LogP contribution < -0.4 is 21.3 Å². The highest BCUT2D eigenvalue weighted by atomic mass is 32.1. The second-order valence-electron chi connectivity index (χ2n) is 8.87. The maximum atomic E-state index is 13.0. The third-order valence-corrected chi connectivity index (χ3v) is 5.62. The van der Waals surface area contributed by atoms with Crippen molar-refractivity contribution in [2.75, 3.05) is 5.75 Å². The summed E-state index contributed by atoms with van der Waals surface area (Å²) in [6.07, 6.45) is -0.539. The van der Waals surface area contributed by atoms with Crippen molar-refractivity contribution < 1.29 is 39.0 Å². The molecule has 0 fully saturated rings. The number of nitrogens with one attached hydrogen (secondary N) is 4. The number of hydrogen-bond donors (Lipinski definition) is 7. The van der Waals surface area contributed by atoms with Crippen LogP contribution in [0.25, 0.3) is 0 Å². The average Bonchev–Trinajstić information content (AvgIpc) is 2.81.